The van der Waals surface area contributed by atoms with Crippen molar-refractivity contribution >= 4 is 0 Å². The van der Waals surface area contributed by atoms with Gasteiger partial charge < -0.3 is 4.74 Å². The number of hydrogen-bond acceptors (Lipinski definition) is 1. The molecule has 1 unspecified atom stereocenters. The summed E-state index contributed by atoms with van der Waals surface area (Å²) in [5.41, 5.74) is 2.90. The maximum Gasteiger partial charge on any atom is 0.123 e. The molecule has 1 atom stereocenters. The van der Waals surface area contributed by atoms with Crippen molar-refractivity contribution in [2.75, 3.05) is 0 Å². The van der Waals surface area contributed by atoms with Gasteiger partial charge in [0.1, 0.15) is 11.9 Å². The fourth-order valence-electron chi connectivity index (χ4n) is 2.48. The Morgan fingerprint density at radius 3 is 2.56 bits per heavy atom. The molecule has 0 aromatic heterocycles. The van der Waals surface area contributed by atoms with Gasteiger partial charge >= 0.3 is 0 Å². The van der Waals surface area contributed by atoms with Crippen LogP contribution in [0.2, 0.25) is 0 Å². The minimum Gasteiger partial charge on any atom is -0.490 e. The molecule has 0 radical (unpaired) electrons. The smallest absolute Gasteiger partial charge is 0.123 e. The minimum atomic E-state index is 0.398. The van der Waals surface area contributed by atoms with E-state index in [0.717, 1.165) is 12.2 Å². The highest BCUT2D eigenvalue weighted by atomic mass is 16.5. The molecule has 2 rings (SSSR count). The minimum absolute atomic E-state index is 0.398. The summed E-state index contributed by atoms with van der Waals surface area (Å²) < 4.78 is 6.08. The Morgan fingerprint density at radius 1 is 1.19 bits per heavy atom. The van der Waals surface area contributed by atoms with Gasteiger partial charge in [-0.2, -0.15) is 0 Å². The fourth-order valence-corrected chi connectivity index (χ4v) is 2.48. The monoisotopic (exact) mass is 218 g/mol. The van der Waals surface area contributed by atoms with Crippen molar-refractivity contribution in [1.82, 2.24) is 0 Å². The Morgan fingerprint density at radius 2 is 1.94 bits per heavy atom. The van der Waals surface area contributed by atoms with Gasteiger partial charge in [0.05, 0.1) is 0 Å². The molecule has 1 heterocycles. The Labute approximate surface area is 98.8 Å². The summed E-state index contributed by atoms with van der Waals surface area (Å²) in [7, 11) is 0. The third-order valence-electron chi connectivity index (χ3n) is 3.49. The Hall–Kier alpha value is -0.980. The zero-order valence-corrected chi connectivity index (χ0v) is 10.8. The number of hydrogen-bond donors (Lipinski definition) is 0. The maximum absolute atomic E-state index is 6.08. The molecule has 0 aliphatic carbocycles. The summed E-state index contributed by atoms with van der Waals surface area (Å²) in [5.74, 6) is 2.32. The lowest BCUT2D eigenvalue weighted by atomic mass is 9.89. The van der Waals surface area contributed by atoms with E-state index in [0.29, 0.717) is 17.9 Å². The Balaban J connectivity index is 2.31. The van der Waals surface area contributed by atoms with Gasteiger partial charge in [-0.25, -0.2) is 0 Å². The van der Waals surface area contributed by atoms with E-state index in [-0.39, 0.29) is 0 Å². The van der Waals surface area contributed by atoms with Crippen LogP contribution in [0.25, 0.3) is 0 Å². The standard InChI is InChI=1S/C15H22O/c1-10(2)12-6-5-7-15-13(12)8-9-14(16-15)11(3)4/h5-7,10-11,14H,8-9H2,1-4H3. The van der Waals surface area contributed by atoms with Crippen LogP contribution >= 0.6 is 0 Å². The first kappa shape index (κ1) is 11.5. The quantitative estimate of drug-likeness (QED) is 0.724. The molecule has 0 saturated carbocycles. The lowest BCUT2D eigenvalue weighted by Gasteiger charge is -2.30. The molecule has 0 spiro atoms. The van der Waals surface area contributed by atoms with Gasteiger partial charge in [-0.05, 0) is 41.9 Å². The maximum atomic E-state index is 6.08. The molecule has 1 nitrogen and oxygen atoms in total. The van der Waals surface area contributed by atoms with Crippen molar-refractivity contribution in [3.05, 3.63) is 29.3 Å². The van der Waals surface area contributed by atoms with Crippen LogP contribution in [-0.2, 0) is 6.42 Å². The van der Waals surface area contributed by atoms with E-state index in [1.165, 1.54) is 17.5 Å². The van der Waals surface area contributed by atoms with Crippen LogP contribution in [0.5, 0.6) is 5.75 Å². The highest BCUT2D eigenvalue weighted by Crippen LogP contribution is 2.35. The van der Waals surface area contributed by atoms with Crippen molar-refractivity contribution in [1.29, 1.82) is 0 Å². The molecule has 16 heavy (non-hydrogen) atoms. The molecule has 0 amide bonds. The predicted molar refractivity (Wildman–Crippen MR) is 68.1 cm³/mol. The van der Waals surface area contributed by atoms with Crippen LogP contribution in [0.15, 0.2) is 18.2 Å². The first-order valence-electron chi connectivity index (χ1n) is 6.38. The molecule has 0 saturated heterocycles. The van der Waals surface area contributed by atoms with Crippen molar-refractivity contribution < 1.29 is 4.74 Å². The zero-order valence-electron chi connectivity index (χ0n) is 10.8. The third kappa shape index (κ3) is 2.09. The zero-order chi connectivity index (χ0) is 11.7. The molecular formula is C15H22O. The van der Waals surface area contributed by atoms with Crippen LogP contribution in [0.4, 0.5) is 0 Å². The highest BCUT2D eigenvalue weighted by Gasteiger charge is 2.24. The first-order chi connectivity index (χ1) is 7.59. The van der Waals surface area contributed by atoms with Gasteiger partial charge in [0.15, 0.2) is 0 Å². The molecule has 0 fully saturated rings. The molecule has 88 valence electrons. The lowest BCUT2D eigenvalue weighted by molar-refractivity contribution is 0.126. The third-order valence-corrected chi connectivity index (χ3v) is 3.49. The second kappa shape index (κ2) is 4.48. The number of fused-ring (bicyclic) bond motifs is 1. The summed E-state index contributed by atoms with van der Waals surface area (Å²) >= 11 is 0. The van der Waals surface area contributed by atoms with E-state index >= 15 is 0 Å². The van der Waals surface area contributed by atoms with E-state index in [4.69, 9.17) is 4.74 Å². The van der Waals surface area contributed by atoms with Crippen LogP contribution in [-0.4, -0.2) is 6.10 Å². The van der Waals surface area contributed by atoms with Gasteiger partial charge in [-0.3, -0.25) is 0 Å². The molecule has 1 aliphatic rings. The molecule has 1 heteroatoms. The van der Waals surface area contributed by atoms with Crippen LogP contribution in [0.3, 0.4) is 0 Å². The molecule has 1 aromatic rings. The second-order valence-corrected chi connectivity index (χ2v) is 5.42. The summed E-state index contributed by atoms with van der Waals surface area (Å²) in [4.78, 5) is 0. The first-order valence-corrected chi connectivity index (χ1v) is 6.38. The van der Waals surface area contributed by atoms with Crippen LogP contribution in [0, 0.1) is 5.92 Å². The van der Waals surface area contributed by atoms with Crippen molar-refractivity contribution in [3.8, 4) is 5.75 Å². The van der Waals surface area contributed by atoms with Crippen molar-refractivity contribution in [2.24, 2.45) is 5.92 Å². The van der Waals surface area contributed by atoms with Gasteiger partial charge in [0, 0.05) is 0 Å². The van der Waals surface area contributed by atoms with Gasteiger partial charge in [-0.15, -0.1) is 0 Å². The van der Waals surface area contributed by atoms with Gasteiger partial charge in [0.2, 0.25) is 0 Å². The van der Waals surface area contributed by atoms with E-state index in [2.05, 4.69) is 45.9 Å². The average molecular weight is 218 g/mol. The summed E-state index contributed by atoms with van der Waals surface area (Å²) in [5, 5.41) is 0. The highest BCUT2D eigenvalue weighted by molar-refractivity contribution is 5.43. The molecule has 1 aromatic carbocycles. The Kier molecular flexibility index (Phi) is 3.22. The Bertz CT molecular complexity index is 366. The van der Waals surface area contributed by atoms with E-state index in [1.807, 2.05) is 0 Å². The molecule has 0 N–H and O–H groups in total. The van der Waals surface area contributed by atoms with Crippen molar-refractivity contribution in [2.45, 2.75) is 52.6 Å². The second-order valence-electron chi connectivity index (χ2n) is 5.42. The summed E-state index contributed by atoms with van der Waals surface area (Å²) in [6, 6.07) is 6.48. The largest absolute Gasteiger partial charge is 0.490 e. The number of benzene rings is 1. The van der Waals surface area contributed by atoms with Crippen molar-refractivity contribution in [3.63, 3.8) is 0 Å². The van der Waals surface area contributed by atoms with E-state index in [1.54, 1.807) is 0 Å². The normalized spacial score (nSPS) is 19.8. The van der Waals surface area contributed by atoms with E-state index < -0.39 is 0 Å². The average Bonchev–Trinajstić information content (AvgIpc) is 2.27. The fraction of sp³-hybridized carbons (Fsp3) is 0.600. The van der Waals surface area contributed by atoms with Crippen LogP contribution in [0.1, 0.15) is 51.2 Å². The van der Waals surface area contributed by atoms with Crippen LogP contribution < -0.4 is 4.74 Å². The van der Waals surface area contributed by atoms with Gasteiger partial charge in [-0.1, -0.05) is 39.8 Å². The van der Waals surface area contributed by atoms with Gasteiger partial charge in [0.25, 0.3) is 0 Å². The lowest BCUT2D eigenvalue weighted by Crippen LogP contribution is -2.28. The molecule has 0 bridgehead atoms. The predicted octanol–water partition coefficient (Wildman–Crippen LogP) is 4.16. The SMILES string of the molecule is CC(C)c1cccc2c1CCC(C(C)C)O2. The van der Waals surface area contributed by atoms with E-state index in [9.17, 15) is 0 Å². The number of rotatable bonds is 2. The summed E-state index contributed by atoms with van der Waals surface area (Å²) in [6.45, 7) is 8.98. The molecule has 1 aliphatic heterocycles. The molecular weight excluding hydrogens is 196 g/mol. The number of ether oxygens (including phenoxy) is 1. The summed E-state index contributed by atoms with van der Waals surface area (Å²) in [6.07, 6.45) is 2.73. The topological polar surface area (TPSA) is 9.23 Å².